The van der Waals surface area contributed by atoms with E-state index >= 15 is 0 Å². The van der Waals surface area contributed by atoms with E-state index in [9.17, 15) is 14.9 Å². The monoisotopic (exact) mass is 351 g/mol. The van der Waals surface area contributed by atoms with Gasteiger partial charge in [-0.05, 0) is 48.6 Å². The van der Waals surface area contributed by atoms with Crippen molar-refractivity contribution in [3.8, 4) is 0 Å². The zero-order chi connectivity index (χ0) is 18.5. The molecular weight excluding hydrogens is 326 g/mol. The van der Waals surface area contributed by atoms with Crippen molar-refractivity contribution in [2.75, 3.05) is 0 Å². The minimum absolute atomic E-state index is 0.0418. The molecule has 1 saturated carbocycles. The quantitative estimate of drug-likeness (QED) is 0.381. The molecule has 0 radical (unpaired) electrons. The van der Waals surface area contributed by atoms with Gasteiger partial charge in [0.05, 0.1) is 4.92 Å². The maximum Gasteiger partial charge on any atom is 0.269 e. The molecule has 1 fully saturated rings. The molecule has 0 saturated heterocycles. The molecule has 1 aliphatic carbocycles. The molecule has 26 heavy (non-hydrogen) atoms. The number of carbonyl (C=O) groups is 1. The lowest BCUT2D eigenvalue weighted by Crippen LogP contribution is -2.12. The van der Waals surface area contributed by atoms with Crippen LogP contribution in [0.2, 0.25) is 0 Å². The molecule has 0 atom stereocenters. The van der Waals surface area contributed by atoms with Crippen LogP contribution in [-0.2, 0) is 6.42 Å². The highest BCUT2D eigenvalue weighted by Crippen LogP contribution is 2.36. The Morgan fingerprint density at radius 3 is 2.15 bits per heavy atom. The number of ketones is 1. The van der Waals surface area contributed by atoms with Crippen LogP contribution in [0.3, 0.4) is 0 Å². The van der Waals surface area contributed by atoms with Crippen molar-refractivity contribution in [1.82, 2.24) is 0 Å². The Morgan fingerprint density at radius 2 is 1.62 bits per heavy atom. The van der Waals surface area contributed by atoms with Crippen molar-refractivity contribution in [1.29, 1.82) is 0 Å². The van der Waals surface area contributed by atoms with Gasteiger partial charge in [-0.3, -0.25) is 14.9 Å². The van der Waals surface area contributed by atoms with Crippen LogP contribution in [0.15, 0.2) is 48.5 Å². The van der Waals surface area contributed by atoms with Gasteiger partial charge in [-0.25, -0.2) is 0 Å². The van der Waals surface area contributed by atoms with E-state index in [1.807, 2.05) is 12.1 Å². The number of benzene rings is 2. The number of Topliss-reactive ketones (excluding diaryl/α,β-unsaturated/α-hetero) is 1. The fraction of sp³-hybridized carbons (Fsp3) is 0.409. The summed E-state index contributed by atoms with van der Waals surface area (Å²) < 4.78 is 0. The molecule has 0 heterocycles. The van der Waals surface area contributed by atoms with Crippen molar-refractivity contribution in [2.45, 2.75) is 51.4 Å². The number of nitro groups is 1. The van der Waals surface area contributed by atoms with E-state index in [4.69, 9.17) is 0 Å². The van der Waals surface area contributed by atoms with Gasteiger partial charge in [0, 0.05) is 24.1 Å². The lowest BCUT2D eigenvalue weighted by Gasteiger charge is -2.28. The van der Waals surface area contributed by atoms with Crippen LogP contribution in [-0.4, -0.2) is 10.7 Å². The smallest absolute Gasteiger partial charge is 0.269 e. The van der Waals surface area contributed by atoms with Crippen molar-refractivity contribution in [3.63, 3.8) is 0 Å². The third-order valence-corrected chi connectivity index (χ3v) is 5.64. The summed E-state index contributed by atoms with van der Waals surface area (Å²) in [5.41, 5.74) is 2.88. The highest BCUT2D eigenvalue weighted by molar-refractivity contribution is 5.97. The third kappa shape index (κ3) is 4.37. The molecule has 0 aromatic heterocycles. The summed E-state index contributed by atoms with van der Waals surface area (Å²) in [6.07, 6.45) is 6.65. The van der Waals surface area contributed by atoms with E-state index in [1.165, 1.54) is 49.8 Å². The highest BCUT2D eigenvalue weighted by Gasteiger charge is 2.21. The second-order valence-electron chi connectivity index (χ2n) is 7.27. The average molecular weight is 351 g/mol. The normalized spacial score (nSPS) is 19.9. The molecule has 2 aromatic rings. The summed E-state index contributed by atoms with van der Waals surface area (Å²) in [6.45, 7) is 2.27. The largest absolute Gasteiger partial charge is 0.294 e. The number of rotatable bonds is 6. The first-order valence-corrected chi connectivity index (χ1v) is 9.43. The lowest BCUT2D eigenvalue weighted by molar-refractivity contribution is -0.384. The Balaban J connectivity index is 1.61. The Hall–Kier alpha value is -2.49. The van der Waals surface area contributed by atoms with Gasteiger partial charge in [-0.2, -0.15) is 0 Å². The maximum atomic E-state index is 12.5. The average Bonchev–Trinajstić information content (AvgIpc) is 2.68. The van der Waals surface area contributed by atoms with Crippen LogP contribution >= 0.6 is 0 Å². The van der Waals surface area contributed by atoms with E-state index in [-0.39, 0.29) is 17.9 Å². The van der Waals surface area contributed by atoms with E-state index in [0.29, 0.717) is 11.5 Å². The fourth-order valence-corrected chi connectivity index (χ4v) is 3.87. The van der Waals surface area contributed by atoms with Gasteiger partial charge in [-0.1, -0.05) is 49.7 Å². The number of hydrogen-bond donors (Lipinski definition) is 0. The molecule has 0 N–H and O–H groups in total. The molecule has 0 amide bonds. The molecular formula is C22H25NO3. The second-order valence-corrected chi connectivity index (χ2v) is 7.27. The molecule has 0 bridgehead atoms. The van der Waals surface area contributed by atoms with Crippen LogP contribution in [0.4, 0.5) is 5.69 Å². The van der Waals surface area contributed by atoms with Crippen LogP contribution in [0.25, 0.3) is 0 Å². The molecule has 0 unspecified atom stereocenters. The molecule has 3 rings (SSSR count). The van der Waals surface area contributed by atoms with Crippen molar-refractivity contribution < 1.29 is 9.72 Å². The Morgan fingerprint density at radius 1 is 1.00 bits per heavy atom. The third-order valence-electron chi connectivity index (χ3n) is 5.64. The molecule has 4 nitrogen and oxygen atoms in total. The van der Waals surface area contributed by atoms with Crippen molar-refractivity contribution in [2.24, 2.45) is 5.92 Å². The zero-order valence-electron chi connectivity index (χ0n) is 15.2. The number of carbonyl (C=O) groups excluding carboxylic acids is 1. The minimum atomic E-state index is -0.432. The summed E-state index contributed by atoms with van der Waals surface area (Å²) in [5.74, 6) is 1.55. The molecule has 136 valence electrons. The summed E-state index contributed by atoms with van der Waals surface area (Å²) in [4.78, 5) is 22.7. The SMILES string of the molecule is CCC1CCC(c2ccc(C(=O)Cc3ccc([N+](=O)[O-])cc3)cc2)CC1. The second kappa shape index (κ2) is 8.26. The topological polar surface area (TPSA) is 60.2 Å². The van der Waals surface area contributed by atoms with E-state index in [2.05, 4.69) is 19.1 Å². The molecule has 2 aromatic carbocycles. The first-order valence-electron chi connectivity index (χ1n) is 9.43. The highest BCUT2D eigenvalue weighted by atomic mass is 16.6. The number of non-ortho nitro benzene ring substituents is 1. The molecule has 1 aliphatic rings. The maximum absolute atomic E-state index is 12.5. The minimum Gasteiger partial charge on any atom is -0.294 e. The summed E-state index contributed by atoms with van der Waals surface area (Å²) in [5, 5.41) is 10.7. The molecule has 4 heteroatoms. The Kier molecular flexibility index (Phi) is 5.82. The Bertz CT molecular complexity index is 757. The van der Waals surface area contributed by atoms with E-state index in [0.717, 1.165) is 11.5 Å². The number of hydrogen-bond acceptors (Lipinski definition) is 3. The van der Waals surface area contributed by atoms with Gasteiger partial charge in [0.15, 0.2) is 5.78 Å². The van der Waals surface area contributed by atoms with Gasteiger partial charge < -0.3 is 0 Å². The lowest BCUT2D eigenvalue weighted by atomic mass is 9.78. The van der Waals surface area contributed by atoms with E-state index < -0.39 is 4.92 Å². The van der Waals surface area contributed by atoms with Gasteiger partial charge in [-0.15, -0.1) is 0 Å². The predicted molar refractivity (Wildman–Crippen MR) is 103 cm³/mol. The first kappa shape index (κ1) is 18.3. The summed E-state index contributed by atoms with van der Waals surface area (Å²) in [6, 6.07) is 14.2. The van der Waals surface area contributed by atoms with Gasteiger partial charge in [0.25, 0.3) is 5.69 Å². The van der Waals surface area contributed by atoms with Crippen molar-refractivity contribution in [3.05, 3.63) is 75.3 Å². The van der Waals surface area contributed by atoms with Gasteiger partial charge >= 0.3 is 0 Å². The molecule has 0 aliphatic heterocycles. The zero-order valence-corrected chi connectivity index (χ0v) is 15.2. The number of nitro benzene ring substituents is 1. The van der Waals surface area contributed by atoms with Crippen LogP contribution in [0, 0.1) is 16.0 Å². The van der Waals surface area contributed by atoms with Crippen LogP contribution < -0.4 is 0 Å². The van der Waals surface area contributed by atoms with Crippen molar-refractivity contribution >= 4 is 11.5 Å². The first-order chi connectivity index (χ1) is 12.6. The fourth-order valence-electron chi connectivity index (χ4n) is 3.87. The number of nitrogens with zero attached hydrogens (tertiary/aromatic N) is 1. The van der Waals surface area contributed by atoms with Crippen LogP contribution in [0.5, 0.6) is 0 Å². The standard InChI is InChI=1S/C22H25NO3/c1-2-16-3-7-18(8-4-16)19-9-11-20(12-10-19)22(24)15-17-5-13-21(14-6-17)23(25)26/h5-6,9-14,16,18H,2-4,7-8,15H2,1H3. The van der Waals surface area contributed by atoms with E-state index in [1.54, 1.807) is 12.1 Å². The summed E-state index contributed by atoms with van der Waals surface area (Å²) >= 11 is 0. The molecule has 0 spiro atoms. The van der Waals surface area contributed by atoms with Gasteiger partial charge in [0.2, 0.25) is 0 Å². The van der Waals surface area contributed by atoms with Crippen LogP contribution in [0.1, 0.15) is 66.4 Å². The predicted octanol–water partition coefficient (Wildman–Crippen LogP) is 5.70. The Labute approximate surface area is 154 Å². The summed E-state index contributed by atoms with van der Waals surface area (Å²) in [7, 11) is 0. The van der Waals surface area contributed by atoms with Gasteiger partial charge in [0.1, 0.15) is 0 Å².